The molecule has 1 aromatic carbocycles. The minimum atomic E-state index is -0.186. The van der Waals surface area contributed by atoms with E-state index in [-0.39, 0.29) is 5.91 Å². The molecule has 7 nitrogen and oxygen atoms in total. The highest BCUT2D eigenvalue weighted by Gasteiger charge is 2.26. The zero-order valence-electron chi connectivity index (χ0n) is 15.8. The third-order valence-electron chi connectivity index (χ3n) is 4.04. The monoisotopic (exact) mass is 407 g/mol. The summed E-state index contributed by atoms with van der Waals surface area (Å²) in [5.41, 5.74) is 1.12. The summed E-state index contributed by atoms with van der Waals surface area (Å²) in [7, 11) is 7.28. The van der Waals surface area contributed by atoms with Crippen molar-refractivity contribution in [3.8, 4) is 5.88 Å². The molecule has 27 heavy (non-hydrogen) atoms. The molecule has 0 N–H and O–H groups in total. The third kappa shape index (κ3) is 4.23. The molecule has 3 aromatic rings. The Morgan fingerprint density at radius 1 is 1.33 bits per heavy atom. The van der Waals surface area contributed by atoms with Crippen LogP contribution in [-0.4, -0.2) is 59.9 Å². The zero-order valence-corrected chi connectivity index (χ0v) is 17.3. The number of amides is 1. The summed E-state index contributed by atoms with van der Waals surface area (Å²) in [6, 6.07) is 5.64. The number of anilines is 1. The van der Waals surface area contributed by atoms with Gasteiger partial charge in [-0.1, -0.05) is 29.0 Å². The number of fused-ring (bicyclic) bond motifs is 1. The van der Waals surface area contributed by atoms with E-state index in [0.29, 0.717) is 33.7 Å². The maximum absolute atomic E-state index is 13.3. The van der Waals surface area contributed by atoms with E-state index in [4.69, 9.17) is 16.3 Å². The largest absolute Gasteiger partial charge is 0.479 e. The Hall–Kier alpha value is -2.16. The number of thiazole rings is 1. The van der Waals surface area contributed by atoms with Crippen molar-refractivity contribution in [1.29, 1.82) is 0 Å². The van der Waals surface area contributed by atoms with Gasteiger partial charge in [0.05, 0.1) is 16.8 Å². The van der Waals surface area contributed by atoms with Gasteiger partial charge in [-0.25, -0.2) is 4.98 Å². The smallest absolute Gasteiger partial charge is 0.267 e. The first-order valence-electron chi connectivity index (χ1n) is 8.50. The molecule has 0 atom stereocenters. The van der Waals surface area contributed by atoms with Gasteiger partial charge in [0.2, 0.25) is 5.88 Å². The first-order chi connectivity index (χ1) is 12.9. The van der Waals surface area contributed by atoms with Gasteiger partial charge in [-0.05, 0) is 39.2 Å². The molecule has 0 aliphatic rings. The fourth-order valence-corrected chi connectivity index (χ4v) is 4.05. The lowest BCUT2D eigenvalue weighted by Crippen LogP contribution is -2.33. The zero-order chi connectivity index (χ0) is 19.6. The van der Waals surface area contributed by atoms with Crippen LogP contribution in [0.4, 0.5) is 5.13 Å². The Balaban J connectivity index is 1.98. The second-order valence-corrected chi connectivity index (χ2v) is 7.84. The molecule has 0 radical (unpaired) electrons. The summed E-state index contributed by atoms with van der Waals surface area (Å²) in [5.74, 6) is 0.119. The van der Waals surface area contributed by atoms with E-state index < -0.39 is 0 Å². The maximum atomic E-state index is 13.3. The van der Waals surface area contributed by atoms with E-state index >= 15 is 0 Å². The molecule has 3 rings (SSSR count). The molecule has 1 amide bonds. The number of nitrogens with zero attached hydrogens (tertiary/aromatic N) is 5. The van der Waals surface area contributed by atoms with Gasteiger partial charge in [-0.2, -0.15) is 0 Å². The molecular weight excluding hydrogens is 386 g/mol. The summed E-state index contributed by atoms with van der Waals surface area (Å²) < 4.78 is 7.78. The van der Waals surface area contributed by atoms with Crippen molar-refractivity contribution in [1.82, 2.24) is 19.7 Å². The molecule has 0 bridgehead atoms. The highest BCUT2D eigenvalue weighted by molar-refractivity contribution is 7.22. The topological polar surface area (TPSA) is 63.5 Å². The highest BCUT2D eigenvalue weighted by Crippen LogP contribution is 2.34. The van der Waals surface area contributed by atoms with Gasteiger partial charge in [0.1, 0.15) is 11.1 Å². The van der Waals surface area contributed by atoms with Crippen LogP contribution in [0.5, 0.6) is 5.88 Å². The third-order valence-corrected chi connectivity index (χ3v) is 5.39. The molecular formula is C18H22ClN5O2S. The van der Waals surface area contributed by atoms with Crippen LogP contribution in [0.25, 0.3) is 10.2 Å². The van der Waals surface area contributed by atoms with Crippen LogP contribution in [0.1, 0.15) is 16.8 Å². The molecule has 0 spiro atoms. The minimum absolute atomic E-state index is 0.186. The van der Waals surface area contributed by atoms with Crippen LogP contribution in [0.15, 0.2) is 24.4 Å². The highest BCUT2D eigenvalue weighted by atomic mass is 35.5. The number of aryl methyl sites for hydroxylation is 1. The summed E-state index contributed by atoms with van der Waals surface area (Å²) in [4.78, 5) is 21.7. The Bertz CT molecular complexity index is 953. The number of ether oxygens (including phenoxy) is 1. The van der Waals surface area contributed by atoms with Crippen LogP contribution >= 0.6 is 22.9 Å². The predicted octanol–water partition coefficient (Wildman–Crippen LogP) is 3.29. The fraction of sp³-hybridized carbons (Fsp3) is 0.389. The molecule has 0 fully saturated rings. The normalized spacial score (nSPS) is 11.3. The summed E-state index contributed by atoms with van der Waals surface area (Å²) in [6.07, 6.45) is 2.48. The molecule has 0 aliphatic carbocycles. The first kappa shape index (κ1) is 19.6. The van der Waals surface area contributed by atoms with Gasteiger partial charge in [-0.15, -0.1) is 5.10 Å². The number of halogens is 1. The number of para-hydroxylation sites is 1. The molecule has 144 valence electrons. The maximum Gasteiger partial charge on any atom is 0.267 e. The van der Waals surface area contributed by atoms with E-state index in [1.807, 2.05) is 26.2 Å². The van der Waals surface area contributed by atoms with Crippen LogP contribution in [0.3, 0.4) is 0 Å². The number of benzene rings is 1. The molecule has 2 heterocycles. The number of hydrogen-bond donors (Lipinski definition) is 0. The number of aromatic nitrogens is 3. The van der Waals surface area contributed by atoms with Crippen LogP contribution in [0.2, 0.25) is 5.02 Å². The average Bonchev–Trinajstić information content (AvgIpc) is 3.22. The summed E-state index contributed by atoms with van der Waals surface area (Å²) >= 11 is 7.72. The van der Waals surface area contributed by atoms with Crippen LogP contribution in [0, 0.1) is 0 Å². The van der Waals surface area contributed by atoms with E-state index in [2.05, 4.69) is 15.0 Å². The second kappa shape index (κ2) is 8.24. The Morgan fingerprint density at radius 2 is 2.11 bits per heavy atom. The van der Waals surface area contributed by atoms with Crippen LogP contribution < -0.4 is 9.64 Å². The number of carbonyl (C=O) groups is 1. The number of carbonyl (C=O) groups excluding carboxylic acids is 1. The van der Waals surface area contributed by atoms with Crippen LogP contribution in [-0.2, 0) is 7.05 Å². The van der Waals surface area contributed by atoms with E-state index in [1.54, 1.807) is 28.9 Å². The molecule has 0 aliphatic heterocycles. The Kier molecular flexibility index (Phi) is 5.98. The van der Waals surface area contributed by atoms with Crippen molar-refractivity contribution in [2.24, 2.45) is 7.05 Å². The SMILES string of the molecule is COc1nn(C)cc1C(=O)N(CCCN(C)C)c1nc2c(Cl)cccc2s1. The molecule has 0 unspecified atom stereocenters. The van der Waals surface area contributed by atoms with Gasteiger partial charge in [0.25, 0.3) is 5.91 Å². The average molecular weight is 408 g/mol. The van der Waals surface area contributed by atoms with E-state index in [9.17, 15) is 4.79 Å². The van der Waals surface area contributed by atoms with Crippen molar-refractivity contribution >= 4 is 44.2 Å². The Labute approximate surface area is 167 Å². The number of rotatable bonds is 7. The van der Waals surface area contributed by atoms with Crippen molar-refractivity contribution < 1.29 is 9.53 Å². The molecule has 2 aromatic heterocycles. The Morgan fingerprint density at radius 3 is 2.78 bits per heavy atom. The standard InChI is InChI=1S/C18H22ClN5O2S/c1-22(2)9-6-10-24(17(25)12-11-23(3)21-16(12)26-4)18-20-15-13(19)7-5-8-14(15)27-18/h5,7-8,11H,6,9-10H2,1-4H3. The quantitative estimate of drug-likeness (QED) is 0.601. The number of methoxy groups -OCH3 is 1. The van der Waals surface area contributed by atoms with Crippen molar-refractivity contribution in [3.63, 3.8) is 0 Å². The lowest BCUT2D eigenvalue weighted by molar-refractivity contribution is 0.0983. The van der Waals surface area contributed by atoms with Gasteiger partial charge >= 0.3 is 0 Å². The van der Waals surface area contributed by atoms with Crippen molar-refractivity contribution in [2.45, 2.75) is 6.42 Å². The molecule has 0 saturated carbocycles. The van der Waals surface area contributed by atoms with Crippen molar-refractivity contribution in [2.75, 3.05) is 39.2 Å². The summed E-state index contributed by atoms with van der Waals surface area (Å²) in [5, 5.41) is 5.39. The second-order valence-electron chi connectivity index (χ2n) is 6.42. The van der Waals surface area contributed by atoms with Crippen molar-refractivity contribution in [3.05, 3.63) is 35.0 Å². The lowest BCUT2D eigenvalue weighted by Gasteiger charge is -2.20. The van der Waals surface area contributed by atoms with Gasteiger partial charge in [0.15, 0.2) is 5.13 Å². The van der Waals surface area contributed by atoms with Gasteiger partial charge in [0, 0.05) is 19.8 Å². The molecule has 0 saturated heterocycles. The summed E-state index contributed by atoms with van der Waals surface area (Å²) in [6.45, 7) is 1.39. The molecule has 9 heteroatoms. The number of hydrogen-bond acceptors (Lipinski definition) is 6. The fourth-order valence-electron chi connectivity index (χ4n) is 2.76. The van der Waals surface area contributed by atoms with E-state index in [0.717, 1.165) is 17.7 Å². The van der Waals surface area contributed by atoms with E-state index in [1.165, 1.54) is 18.4 Å². The van der Waals surface area contributed by atoms with Gasteiger partial charge < -0.3 is 9.64 Å². The minimum Gasteiger partial charge on any atom is -0.479 e. The first-order valence-corrected chi connectivity index (χ1v) is 9.69. The van der Waals surface area contributed by atoms with Gasteiger partial charge in [-0.3, -0.25) is 14.4 Å². The lowest BCUT2D eigenvalue weighted by atomic mass is 10.2. The predicted molar refractivity (Wildman–Crippen MR) is 109 cm³/mol.